The molecular formula is C20H19Cl3N4OS. The van der Waals surface area contributed by atoms with Crippen LogP contribution in [0.15, 0.2) is 47.6 Å². The third-order valence-corrected chi connectivity index (χ3v) is 5.96. The van der Waals surface area contributed by atoms with Gasteiger partial charge in [-0.1, -0.05) is 76.9 Å². The zero-order chi connectivity index (χ0) is 21.0. The lowest BCUT2D eigenvalue weighted by molar-refractivity contribution is -0.119. The fourth-order valence-electron chi connectivity index (χ4n) is 2.73. The average Bonchev–Trinajstić information content (AvgIpc) is 3.09. The van der Waals surface area contributed by atoms with Crippen molar-refractivity contribution in [2.45, 2.75) is 36.1 Å². The van der Waals surface area contributed by atoms with Crippen LogP contribution in [0.4, 0.5) is 0 Å². The van der Waals surface area contributed by atoms with Gasteiger partial charge in [-0.3, -0.25) is 9.36 Å². The molecule has 0 atom stereocenters. The van der Waals surface area contributed by atoms with Crippen LogP contribution in [0.1, 0.15) is 22.5 Å². The number of aryl methyl sites for hydroxylation is 2. The summed E-state index contributed by atoms with van der Waals surface area (Å²) >= 11 is 19.0. The minimum absolute atomic E-state index is 0.138. The van der Waals surface area contributed by atoms with Gasteiger partial charge in [0.2, 0.25) is 0 Å². The predicted molar refractivity (Wildman–Crippen MR) is 119 cm³/mol. The molecule has 3 rings (SSSR count). The second kappa shape index (κ2) is 9.85. The summed E-state index contributed by atoms with van der Waals surface area (Å²) in [6.07, 6.45) is 0. The van der Waals surface area contributed by atoms with E-state index in [9.17, 15) is 4.79 Å². The summed E-state index contributed by atoms with van der Waals surface area (Å²) in [6, 6.07) is 13.8. The van der Waals surface area contributed by atoms with Crippen LogP contribution in [-0.2, 0) is 17.1 Å². The Bertz CT molecular complexity index is 1020. The molecule has 0 radical (unpaired) electrons. The summed E-state index contributed by atoms with van der Waals surface area (Å²) in [4.78, 5) is 10.6. The number of benzene rings is 2. The van der Waals surface area contributed by atoms with Gasteiger partial charge < -0.3 is 5.32 Å². The second-order valence-electron chi connectivity index (χ2n) is 6.40. The van der Waals surface area contributed by atoms with Crippen molar-refractivity contribution in [1.82, 2.24) is 20.1 Å². The maximum Gasteiger partial charge on any atom is 0.253 e. The van der Waals surface area contributed by atoms with Gasteiger partial charge in [-0.2, -0.15) is 0 Å². The fourth-order valence-corrected chi connectivity index (χ4v) is 4.09. The summed E-state index contributed by atoms with van der Waals surface area (Å²) in [5.41, 5.74) is 4.30. The van der Waals surface area contributed by atoms with Gasteiger partial charge in [-0.05, 0) is 42.7 Å². The molecule has 152 valence electrons. The highest BCUT2D eigenvalue weighted by Gasteiger charge is 2.19. The van der Waals surface area contributed by atoms with Crippen LogP contribution in [0.3, 0.4) is 0 Å². The first kappa shape index (κ1) is 22.0. The van der Waals surface area contributed by atoms with E-state index in [-0.39, 0.29) is 6.54 Å². The summed E-state index contributed by atoms with van der Waals surface area (Å²) in [6.45, 7) is 4.20. The molecule has 0 unspecified atom stereocenters. The molecule has 0 aliphatic heterocycles. The smallest absolute Gasteiger partial charge is 0.253 e. The van der Waals surface area contributed by atoms with Gasteiger partial charge in [0, 0.05) is 10.8 Å². The van der Waals surface area contributed by atoms with Crippen molar-refractivity contribution >= 4 is 52.5 Å². The van der Waals surface area contributed by atoms with E-state index in [1.165, 1.54) is 11.1 Å². The normalized spacial score (nSPS) is 11.1. The van der Waals surface area contributed by atoms with E-state index in [4.69, 9.17) is 34.8 Å². The van der Waals surface area contributed by atoms with Gasteiger partial charge in [0.1, 0.15) is 0 Å². The zero-order valence-electron chi connectivity index (χ0n) is 15.8. The number of rotatable bonds is 7. The minimum atomic E-state index is -1.14. The third kappa shape index (κ3) is 5.45. The number of nitrogens with one attached hydrogen (secondary N) is 1. The van der Waals surface area contributed by atoms with Crippen molar-refractivity contribution < 1.29 is 4.79 Å². The largest absolute Gasteiger partial charge is 0.346 e. The topological polar surface area (TPSA) is 59.8 Å². The lowest BCUT2D eigenvalue weighted by atomic mass is 10.1. The number of carbonyl (C=O) groups excluding carboxylic acids is 1. The maximum atomic E-state index is 11.8. The quantitative estimate of drug-likeness (QED) is 0.379. The van der Waals surface area contributed by atoms with E-state index in [1.54, 1.807) is 11.8 Å². The van der Waals surface area contributed by atoms with Gasteiger partial charge in [-0.25, -0.2) is 0 Å². The third-order valence-electron chi connectivity index (χ3n) is 4.35. The lowest BCUT2D eigenvalue weighted by Gasteiger charge is -2.14. The van der Waals surface area contributed by atoms with E-state index in [0.717, 1.165) is 17.0 Å². The van der Waals surface area contributed by atoms with Crippen molar-refractivity contribution in [1.29, 1.82) is 0 Å². The molecule has 0 spiro atoms. The minimum Gasteiger partial charge on any atom is -0.346 e. The molecule has 1 N–H and O–H groups in total. The molecule has 5 nitrogen and oxygen atoms in total. The summed E-state index contributed by atoms with van der Waals surface area (Å²) in [7, 11) is 0. The van der Waals surface area contributed by atoms with Gasteiger partial charge in [0.05, 0.1) is 12.2 Å². The summed E-state index contributed by atoms with van der Waals surface area (Å²) in [5.74, 6) is 0.812. The summed E-state index contributed by atoms with van der Waals surface area (Å²) < 4.78 is 1.90. The Morgan fingerprint density at radius 3 is 2.62 bits per heavy atom. The van der Waals surface area contributed by atoms with Crippen LogP contribution in [-0.4, -0.2) is 25.5 Å². The Kier molecular flexibility index (Phi) is 7.46. The molecule has 0 bridgehead atoms. The van der Waals surface area contributed by atoms with Crippen LogP contribution in [0, 0.1) is 13.8 Å². The van der Waals surface area contributed by atoms with Crippen LogP contribution < -0.4 is 5.32 Å². The van der Waals surface area contributed by atoms with Gasteiger partial charge in [0.15, 0.2) is 15.8 Å². The van der Waals surface area contributed by atoms with E-state index in [1.807, 2.05) is 41.8 Å². The summed E-state index contributed by atoms with van der Waals surface area (Å²) in [5, 5.41) is 12.6. The van der Waals surface area contributed by atoms with E-state index < -0.39 is 10.7 Å². The van der Waals surface area contributed by atoms with Gasteiger partial charge >= 0.3 is 0 Å². The molecule has 0 aliphatic carbocycles. The van der Waals surface area contributed by atoms with Crippen molar-refractivity contribution in [3.63, 3.8) is 0 Å². The fraction of sp³-hybridized carbons (Fsp3) is 0.250. The predicted octanol–water partition coefficient (Wildman–Crippen LogP) is 5.25. The number of hydrogen-bond donors (Lipinski definition) is 1. The first-order valence-electron chi connectivity index (χ1n) is 8.81. The number of thioether (sulfide) groups is 1. The molecule has 0 fully saturated rings. The number of hydrogen-bond acceptors (Lipinski definition) is 4. The van der Waals surface area contributed by atoms with Crippen molar-refractivity contribution in [2.24, 2.45) is 0 Å². The standard InChI is InChI=1S/C20H19Cl3N4OS/c1-12-5-3-4-6-14(12)11-29-20-26-25-17(10-24-19(28)18(22)23)27(20)16-9-15(21)8-7-13(16)2/h3-9,18H,10-11H2,1-2H3,(H,24,28). The SMILES string of the molecule is Cc1ccccc1CSc1nnc(CNC(=O)C(Cl)Cl)n1-c1cc(Cl)ccc1C. The molecule has 0 saturated heterocycles. The first-order valence-corrected chi connectivity index (χ1v) is 11.0. The molecule has 29 heavy (non-hydrogen) atoms. The molecule has 3 aromatic rings. The van der Waals surface area contributed by atoms with Gasteiger partial charge in [0.25, 0.3) is 5.91 Å². The number of carbonyl (C=O) groups is 1. The number of alkyl halides is 2. The Labute approximate surface area is 188 Å². The Balaban J connectivity index is 1.94. The van der Waals surface area contributed by atoms with Crippen molar-refractivity contribution in [3.05, 3.63) is 70.0 Å². The Hall–Kier alpha value is -1.73. The van der Waals surface area contributed by atoms with Gasteiger partial charge in [-0.15, -0.1) is 10.2 Å². The average molecular weight is 470 g/mol. The number of nitrogens with zero attached hydrogens (tertiary/aromatic N) is 3. The molecule has 1 amide bonds. The zero-order valence-corrected chi connectivity index (χ0v) is 18.9. The molecule has 1 aromatic heterocycles. The highest BCUT2D eigenvalue weighted by Crippen LogP contribution is 2.29. The highest BCUT2D eigenvalue weighted by atomic mass is 35.5. The van der Waals surface area contributed by atoms with Crippen LogP contribution in [0.25, 0.3) is 5.69 Å². The van der Waals surface area contributed by atoms with Crippen molar-refractivity contribution in [3.8, 4) is 5.69 Å². The van der Waals surface area contributed by atoms with Crippen LogP contribution in [0.2, 0.25) is 5.02 Å². The maximum absolute atomic E-state index is 11.8. The molecule has 0 aliphatic rings. The molecule has 2 aromatic carbocycles. The molecule has 9 heteroatoms. The number of halogens is 3. The number of aromatic nitrogens is 3. The monoisotopic (exact) mass is 468 g/mol. The van der Waals surface area contributed by atoms with Crippen LogP contribution in [0.5, 0.6) is 0 Å². The van der Waals surface area contributed by atoms with E-state index in [0.29, 0.717) is 16.0 Å². The Morgan fingerprint density at radius 2 is 1.90 bits per heavy atom. The highest BCUT2D eigenvalue weighted by molar-refractivity contribution is 7.98. The first-order chi connectivity index (χ1) is 13.9. The molecule has 0 saturated carbocycles. The molecular weight excluding hydrogens is 451 g/mol. The Morgan fingerprint density at radius 1 is 1.14 bits per heavy atom. The van der Waals surface area contributed by atoms with E-state index in [2.05, 4.69) is 34.6 Å². The second-order valence-corrected chi connectivity index (χ2v) is 8.87. The lowest BCUT2D eigenvalue weighted by Crippen LogP contribution is -2.29. The number of amides is 1. The molecule has 1 heterocycles. The van der Waals surface area contributed by atoms with Crippen molar-refractivity contribution in [2.75, 3.05) is 0 Å². The van der Waals surface area contributed by atoms with E-state index >= 15 is 0 Å². The van der Waals surface area contributed by atoms with Crippen LogP contribution >= 0.6 is 46.6 Å².